The molecule has 0 saturated heterocycles. The average Bonchev–Trinajstić information content (AvgIpc) is 2.45. The summed E-state index contributed by atoms with van der Waals surface area (Å²) in [6, 6.07) is 6.62. The quantitative estimate of drug-likeness (QED) is 0.716. The van der Waals surface area contributed by atoms with E-state index >= 15 is 0 Å². The van der Waals surface area contributed by atoms with Crippen LogP contribution in [0, 0.1) is 0 Å². The number of carboxylic acid groups (broad SMARTS) is 1. The molecule has 0 aliphatic rings. The van der Waals surface area contributed by atoms with Crippen molar-refractivity contribution in [3.05, 3.63) is 29.8 Å². The largest absolute Gasteiger partial charge is 0.481 e. The summed E-state index contributed by atoms with van der Waals surface area (Å²) >= 11 is 0. The molecule has 0 aliphatic heterocycles. The lowest BCUT2D eigenvalue weighted by molar-refractivity contribution is -0.138. The topological polar surface area (TPSA) is 95.5 Å². The zero-order valence-corrected chi connectivity index (χ0v) is 12.2. The standard InChI is InChI=1S/C15H20N2O4/c1-3-10(2)16-15(21)11-5-4-6-12(9-11)17-13(18)7-8-14(19)20/h4-6,9-10H,3,7-8H2,1-2H3,(H,16,21)(H,17,18)(H,19,20)/t10-/m0/s1. The van der Waals surface area contributed by atoms with Gasteiger partial charge in [0, 0.05) is 23.7 Å². The Labute approximate surface area is 123 Å². The molecule has 0 bridgehead atoms. The molecule has 0 spiro atoms. The highest BCUT2D eigenvalue weighted by Crippen LogP contribution is 2.11. The fraction of sp³-hybridized carbons (Fsp3) is 0.400. The van der Waals surface area contributed by atoms with Crippen LogP contribution in [0.4, 0.5) is 5.69 Å². The lowest BCUT2D eigenvalue weighted by Gasteiger charge is -2.12. The second kappa shape index (κ2) is 8.04. The lowest BCUT2D eigenvalue weighted by atomic mass is 10.1. The summed E-state index contributed by atoms with van der Waals surface area (Å²) in [6.45, 7) is 3.89. The number of hydrogen-bond donors (Lipinski definition) is 3. The molecule has 0 unspecified atom stereocenters. The van der Waals surface area contributed by atoms with Crippen molar-refractivity contribution < 1.29 is 19.5 Å². The number of aliphatic carboxylic acids is 1. The number of anilines is 1. The lowest BCUT2D eigenvalue weighted by Crippen LogP contribution is -2.31. The first kappa shape index (κ1) is 16.7. The predicted molar refractivity (Wildman–Crippen MR) is 79.2 cm³/mol. The number of carbonyl (C=O) groups excluding carboxylic acids is 2. The van der Waals surface area contributed by atoms with Gasteiger partial charge < -0.3 is 15.7 Å². The Bertz CT molecular complexity index is 528. The summed E-state index contributed by atoms with van der Waals surface area (Å²) < 4.78 is 0. The van der Waals surface area contributed by atoms with Gasteiger partial charge in [-0.3, -0.25) is 14.4 Å². The Kier molecular flexibility index (Phi) is 6.39. The summed E-state index contributed by atoms with van der Waals surface area (Å²) in [5.74, 6) is -1.62. The summed E-state index contributed by atoms with van der Waals surface area (Å²) in [5, 5.41) is 13.9. The van der Waals surface area contributed by atoms with Gasteiger partial charge in [0.25, 0.3) is 5.91 Å². The van der Waals surface area contributed by atoms with Crippen molar-refractivity contribution in [2.45, 2.75) is 39.2 Å². The second-order valence-electron chi connectivity index (χ2n) is 4.81. The van der Waals surface area contributed by atoms with Crippen molar-refractivity contribution in [3.63, 3.8) is 0 Å². The van der Waals surface area contributed by atoms with Crippen LogP contribution in [0.25, 0.3) is 0 Å². The van der Waals surface area contributed by atoms with Crippen molar-refractivity contribution in [3.8, 4) is 0 Å². The average molecular weight is 292 g/mol. The molecule has 0 aliphatic carbocycles. The van der Waals surface area contributed by atoms with E-state index in [2.05, 4.69) is 10.6 Å². The van der Waals surface area contributed by atoms with Gasteiger partial charge in [0.05, 0.1) is 6.42 Å². The van der Waals surface area contributed by atoms with Gasteiger partial charge in [0.2, 0.25) is 5.91 Å². The Hall–Kier alpha value is -2.37. The van der Waals surface area contributed by atoms with Crippen LogP contribution in [0.2, 0.25) is 0 Å². The molecule has 1 rings (SSSR count). The Balaban J connectivity index is 2.65. The van der Waals surface area contributed by atoms with Gasteiger partial charge in [-0.05, 0) is 31.5 Å². The van der Waals surface area contributed by atoms with E-state index < -0.39 is 11.9 Å². The minimum atomic E-state index is -1.02. The number of nitrogens with one attached hydrogen (secondary N) is 2. The molecule has 1 atom stereocenters. The van der Waals surface area contributed by atoms with E-state index in [0.717, 1.165) is 6.42 Å². The molecule has 0 radical (unpaired) electrons. The van der Waals surface area contributed by atoms with Gasteiger partial charge >= 0.3 is 5.97 Å². The number of carbonyl (C=O) groups is 3. The van der Waals surface area contributed by atoms with Crippen LogP contribution in [0.1, 0.15) is 43.5 Å². The molecule has 1 aromatic rings. The Morgan fingerprint density at radius 1 is 1.24 bits per heavy atom. The highest BCUT2D eigenvalue weighted by Gasteiger charge is 2.10. The first-order valence-corrected chi connectivity index (χ1v) is 6.85. The molecule has 6 nitrogen and oxygen atoms in total. The van der Waals surface area contributed by atoms with E-state index in [0.29, 0.717) is 11.3 Å². The smallest absolute Gasteiger partial charge is 0.303 e. The van der Waals surface area contributed by atoms with Crippen LogP contribution in [0.15, 0.2) is 24.3 Å². The molecule has 0 aromatic heterocycles. The third-order valence-electron chi connectivity index (χ3n) is 2.96. The second-order valence-corrected chi connectivity index (χ2v) is 4.81. The number of benzene rings is 1. The van der Waals surface area contributed by atoms with Gasteiger partial charge in [-0.15, -0.1) is 0 Å². The highest BCUT2D eigenvalue weighted by molar-refractivity contribution is 5.97. The number of hydrogen-bond acceptors (Lipinski definition) is 3. The third-order valence-corrected chi connectivity index (χ3v) is 2.96. The number of amides is 2. The van der Waals surface area contributed by atoms with Gasteiger partial charge in [-0.25, -0.2) is 0 Å². The maximum atomic E-state index is 12.0. The molecule has 2 amide bonds. The SMILES string of the molecule is CC[C@H](C)NC(=O)c1cccc(NC(=O)CCC(=O)O)c1. The van der Waals surface area contributed by atoms with Gasteiger partial charge in [-0.1, -0.05) is 13.0 Å². The molecular formula is C15H20N2O4. The van der Waals surface area contributed by atoms with Crippen molar-refractivity contribution in [1.82, 2.24) is 5.32 Å². The van der Waals surface area contributed by atoms with Crippen LogP contribution in [0.5, 0.6) is 0 Å². The third kappa shape index (κ3) is 6.07. The number of rotatable bonds is 7. The normalized spacial score (nSPS) is 11.5. The van der Waals surface area contributed by atoms with Crippen molar-refractivity contribution >= 4 is 23.5 Å². The van der Waals surface area contributed by atoms with Crippen LogP contribution in [-0.2, 0) is 9.59 Å². The first-order valence-electron chi connectivity index (χ1n) is 6.85. The van der Waals surface area contributed by atoms with Crippen LogP contribution < -0.4 is 10.6 Å². The zero-order valence-electron chi connectivity index (χ0n) is 12.2. The van der Waals surface area contributed by atoms with E-state index in [1.54, 1.807) is 24.3 Å². The van der Waals surface area contributed by atoms with E-state index in [1.165, 1.54) is 0 Å². The van der Waals surface area contributed by atoms with Gasteiger partial charge in [0.15, 0.2) is 0 Å². The van der Waals surface area contributed by atoms with Crippen LogP contribution in [-0.4, -0.2) is 28.9 Å². The molecule has 0 heterocycles. The van der Waals surface area contributed by atoms with Crippen molar-refractivity contribution in [2.24, 2.45) is 0 Å². The molecule has 0 fully saturated rings. The first-order chi connectivity index (χ1) is 9.92. The van der Waals surface area contributed by atoms with Gasteiger partial charge in [-0.2, -0.15) is 0 Å². The van der Waals surface area contributed by atoms with E-state index in [1.807, 2.05) is 13.8 Å². The fourth-order valence-electron chi connectivity index (χ4n) is 1.59. The van der Waals surface area contributed by atoms with Crippen LogP contribution >= 0.6 is 0 Å². The molecule has 114 valence electrons. The van der Waals surface area contributed by atoms with E-state index in [9.17, 15) is 14.4 Å². The summed E-state index contributed by atoms with van der Waals surface area (Å²) in [6.07, 6.45) is 0.510. The Morgan fingerprint density at radius 2 is 1.95 bits per heavy atom. The molecule has 1 aromatic carbocycles. The minimum absolute atomic E-state index is 0.0753. The number of carboxylic acids is 1. The van der Waals surface area contributed by atoms with Crippen LogP contribution in [0.3, 0.4) is 0 Å². The van der Waals surface area contributed by atoms with E-state index in [-0.39, 0.29) is 24.8 Å². The van der Waals surface area contributed by atoms with Gasteiger partial charge in [0.1, 0.15) is 0 Å². The highest BCUT2D eigenvalue weighted by atomic mass is 16.4. The maximum Gasteiger partial charge on any atom is 0.303 e. The zero-order chi connectivity index (χ0) is 15.8. The predicted octanol–water partition coefficient (Wildman–Crippen LogP) is 2.02. The fourth-order valence-corrected chi connectivity index (χ4v) is 1.59. The van der Waals surface area contributed by atoms with E-state index in [4.69, 9.17) is 5.11 Å². The van der Waals surface area contributed by atoms with Crippen molar-refractivity contribution in [2.75, 3.05) is 5.32 Å². The summed E-state index contributed by atoms with van der Waals surface area (Å²) in [5.41, 5.74) is 0.925. The summed E-state index contributed by atoms with van der Waals surface area (Å²) in [7, 11) is 0. The molecular weight excluding hydrogens is 272 g/mol. The molecule has 0 saturated carbocycles. The summed E-state index contributed by atoms with van der Waals surface area (Å²) in [4.78, 5) is 33.9. The molecule has 3 N–H and O–H groups in total. The van der Waals surface area contributed by atoms with Crippen molar-refractivity contribution in [1.29, 1.82) is 0 Å². The molecule has 21 heavy (non-hydrogen) atoms. The monoisotopic (exact) mass is 292 g/mol. The minimum Gasteiger partial charge on any atom is -0.481 e. The Morgan fingerprint density at radius 3 is 2.57 bits per heavy atom. The maximum absolute atomic E-state index is 12.0. The molecule has 6 heteroatoms.